The number of hydrogen-bond donors (Lipinski definition) is 3. The molecule has 16 heterocycles. The van der Waals surface area contributed by atoms with Crippen LogP contribution in [0.3, 0.4) is 0 Å². The SMILES string of the molecule is CC(=O)N1CCN(c2ncc(C(C)C)cn2)CC1.CC(C)c1cc(C(F)(F)F)nn1C.CC(C)c1cccc2ncccc12.CC(C)c1cnc(N2CCN(C)CC2)nc1.CC(C)c1cnc(N2CCN(CC(=O)O)CC2)nc1.CC(C)c1cnc(N2CCN(S(C)(=O)=O)CC2)nc1.CC(C)c1cnc(N2CCNC(=O)C2)nc1.CC(C)c1cnc(N2CCNCC2)nc1.COC(=O)CN1CCN(c2ncc(C(C)C)cn2)CC1. The molecule has 0 aliphatic carbocycles. The minimum absolute atomic E-state index is 0.0304. The Labute approximate surface area is 879 Å². The number of carbonyl (C=O) groups is 4. The van der Waals surface area contributed by atoms with Crippen molar-refractivity contribution in [3.8, 4) is 0 Å². The molecule has 43 heteroatoms. The van der Waals surface area contributed by atoms with Crippen LogP contribution in [0.1, 0.15) is 241 Å². The van der Waals surface area contributed by atoms with Crippen LogP contribution in [0.25, 0.3) is 10.9 Å². The molecule has 7 fully saturated rings. The third-order valence-electron chi connectivity index (χ3n) is 26.1. The van der Waals surface area contributed by atoms with Gasteiger partial charge in [-0.15, -0.1) is 0 Å². The Morgan fingerprint density at radius 2 is 0.725 bits per heavy atom. The van der Waals surface area contributed by atoms with Crippen LogP contribution in [0.2, 0.25) is 0 Å². The number of likely N-dealkylation sites (N-methyl/N-ethyl adjacent to an activating group) is 1. The van der Waals surface area contributed by atoms with Gasteiger partial charge < -0.3 is 64.6 Å². The zero-order valence-electron chi connectivity index (χ0n) is 91.6. The summed E-state index contributed by atoms with van der Waals surface area (Å²) in [4.78, 5) is 133. The number of benzene rings is 1. The normalized spacial score (nSPS) is 16.1. The summed E-state index contributed by atoms with van der Waals surface area (Å²) in [7, 11) is 2.01. The number of fused-ring (bicyclic) bond motifs is 1. The molecule has 17 rings (SSSR count). The van der Waals surface area contributed by atoms with Crippen LogP contribution in [0.4, 0.5) is 54.8 Å². The van der Waals surface area contributed by atoms with Gasteiger partial charge in [-0.05, 0) is 123 Å². The number of piperazine rings is 7. The smallest absolute Gasteiger partial charge is 0.435 e. The van der Waals surface area contributed by atoms with Crippen molar-refractivity contribution < 1.29 is 50.6 Å². The molecule has 814 valence electrons. The maximum absolute atomic E-state index is 12.2. The summed E-state index contributed by atoms with van der Waals surface area (Å²) in [5.74, 6) is 8.33. The first-order valence-corrected chi connectivity index (χ1v) is 53.7. The summed E-state index contributed by atoms with van der Waals surface area (Å²) in [6, 6.07) is 11.5. The van der Waals surface area contributed by atoms with E-state index in [-0.39, 0.29) is 30.2 Å². The number of aromatic nitrogens is 17. The molecule has 7 aliphatic heterocycles. The van der Waals surface area contributed by atoms with Gasteiger partial charge in [0.15, 0.2) is 5.69 Å². The summed E-state index contributed by atoms with van der Waals surface area (Å²) in [5.41, 5.74) is 10.3. The van der Waals surface area contributed by atoms with Gasteiger partial charge in [0.2, 0.25) is 63.5 Å². The fourth-order valence-electron chi connectivity index (χ4n) is 16.1. The average Bonchev–Trinajstić information content (AvgIpc) is 1.56. The van der Waals surface area contributed by atoms with Crippen LogP contribution >= 0.6 is 0 Å². The number of hydrogen-bond acceptors (Lipinski definition) is 34. The molecule has 2 amide bonds. The van der Waals surface area contributed by atoms with Crippen molar-refractivity contribution >= 4 is 86.3 Å². The van der Waals surface area contributed by atoms with E-state index in [1.165, 1.54) is 51.5 Å². The van der Waals surface area contributed by atoms with E-state index in [1.807, 2.05) is 132 Å². The standard InChI is InChI=1S/C14H22N4O2.C13H20N4O2.C13H20N4O.C12H20N4O2S.C12H20N4.C12H13N.C11H16N4O.C11H18N4.C8H11F3N2/c1-11(2)12-8-15-14(16-9-12)18-6-4-17(5-7-18)10-13(19)20-3;1-10(2)11-7-14-13(15-8-11)17-5-3-16(4-6-17)9-12(18)19;1-10(2)12-8-14-13(15-9-12)17-6-4-16(5-7-17)11(3)18;1-10(2)11-8-13-12(14-9-11)15-4-6-16(7-5-15)19(3,17)18;1-10(2)11-8-13-12(14-9-11)16-6-4-15(3)5-7-16;1-9(2)10-5-3-7-12-11(10)6-4-8-13-12;1-8(2)9-5-13-11(14-6-9)15-4-3-12-10(16)7-15;1-9(2)10-7-13-11(14-8-10)15-5-3-12-4-6-15;1-5(2)6-4-7(8(9,10)11)12-13(6)3/h8-9,11H,4-7,10H2,1-3H3;7-8,10H,3-6,9H2,1-2H3,(H,18,19);8-10H,4-7H2,1-3H3;8-10H,4-7H2,1-3H3;8-10H,4-7H2,1-3H3;3-9H,1-2H3;5-6,8H,3-4,7H2,1-2H3,(H,12,16);7-9,12H,3-6H2,1-2H3;4-5H,1-3H3. The van der Waals surface area contributed by atoms with Crippen molar-refractivity contribution in [3.63, 3.8) is 0 Å². The molecule has 7 saturated heterocycles. The highest BCUT2D eigenvalue weighted by Crippen LogP contribution is 2.32. The van der Waals surface area contributed by atoms with Crippen LogP contribution in [0.5, 0.6) is 0 Å². The molecule has 0 bridgehead atoms. The Hall–Kier alpha value is -12.6. The van der Waals surface area contributed by atoms with Crippen LogP contribution < -0.4 is 44.9 Å². The molecule has 0 saturated carbocycles. The van der Waals surface area contributed by atoms with Crippen molar-refractivity contribution in [2.75, 3.05) is 245 Å². The van der Waals surface area contributed by atoms with Crippen LogP contribution in [0.15, 0.2) is 129 Å². The maximum atomic E-state index is 12.2. The van der Waals surface area contributed by atoms with Gasteiger partial charge in [0.25, 0.3) is 0 Å². The highest BCUT2D eigenvalue weighted by Gasteiger charge is 2.35. The second kappa shape index (κ2) is 59.1. The molecule has 0 unspecified atom stereocenters. The number of alkyl halides is 3. The molecule has 3 N–H and O–H groups in total. The lowest BCUT2D eigenvalue weighted by molar-refractivity contribution is -0.142. The Morgan fingerprint density at radius 1 is 0.403 bits per heavy atom. The number of esters is 1. The van der Waals surface area contributed by atoms with Crippen LogP contribution in [0, 0.1) is 0 Å². The van der Waals surface area contributed by atoms with Crippen molar-refractivity contribution in [2.45, 2.75) is 191 Å². The minimum atomic E-state index is -4.34. The average molecular weight is 2090 g/mol. The summed E-state index contributed by atoms with van der Waals surface area (Å²) in [5, 5.41) is 19.5. The highest BCUT2D eigenvalue weighted by molar-refractivity contribution is 7.88. The first kappa shape index (κ1) is 120. The number of ether oxygens (including phenoxy) is 1. The number of anilines is 7. The molecular weight excluding hydrogens is 1920 g/mol. The summed E-state index contributed by atoms with van der Waals surface area (Å²) >= 11 is 0. The fourth-order valence-corrected chi connectivity index (χ4v) is 16.9. The number of carboxylic acid groups (broad SMARTS) is 1. The van der Waals surface area contributed by atoms with E-state index < -0.39 is 27.9 Å². The molecule has 0 radical (unpaired) electrons. The van der Waals surface area contributed by atoms with E-state index in [1.54, 1.807) is 6.92 Å². The molecule has 10 aromatic rings. The number of carbonyl (C=O) groups excluding carboxylic acids is 3. The van der Waals surface area contributed by atoms with Gasteiger partial charge in [-0.3, -0.25) is 38.6 Å². The third kappa shape index (κ3) is 39.1. The molecule has 39 nitrogen and oxygen atoms in total. The Balaban J connectivity index is 0.000000187. The van der Waals surface area contributed by atoms with Gasteiger partial charge in [0, 0.05) is 288 Å². The van der Waals surface area contributed by atoms with Gasteiger partial charge in [-0.1, -0.05) is 143 Å². The van der Waals surface area contributed by atoms with Gasteiger partial charge in [-0.2, -0.15) is 22.6 Å². The molecule has 149 heavy (non-hydrogen) atoms. The fraction of sp³-hybridized carbons (Fsp3) is 0.585. The van der Waals surface area contributed by atoms with Crippen LogP contribution in [-0.2, 0) is 47.2 Å². The Morgan fingerprint density at radius 3 is 1.02 bits per heavy atom. The Bertz CT molecular complexity index is 5750. The second-order valence-corrected chi connectivity index (χ2v) is 42.5. The zero-order chi connectivity index (χ0) is 109. The summed E-state index contributed by atoms with van der Waals surface area (Å²) in [6.07, 6.45) is 25.2. The number of halogens is 3. The molecule has 9 aromatic heterocycles. The second-order valence-electron chi connectivity index (χ2n) is 40.5. The Kier molecular flexibility index (Phi) is 47.6. The molecule has 0 spiro atoms. The van der Waals surface area contributed by atoms with Gasteiger partial charge in [-0.25, -0.2) is 78.2 Å². The predicted molar refractivity (Wildman–Crippen MR) is 581 cm³/mol. The molecule has 1 aromatic carbocycles. The third-order valence-corrected chi connectivity index (χ3v) is 27.4. The number of aliphatic carboxylic acids is 1. The number of pyridine rings is 1. The zero-order valence-corrected chi connectivity index (χ0v) is 92.5. The monoisotopic (exact) mass is 2080 g/mol. The van der Waals surface area contributed by atoms with E-state index >= 15 is 0 Å². The largest absolute Gasteiger partial charge is 0.480 e. The number of carboxylic acids is 1. The lowest BCUT2D eigenvalue weighted by atomic mass is 9.98. The van der Waals surface area contributed by atoms with Crippen molar-refractivity contribution in [3.05, 3.63) is 185 Å². The number of rotatable bonds is 21. The summed E-state index contributed by atoms with van der Waals surface area (Å²) < 4.78 is 66.8. The van der Waals surface area contributed by atoms with Gasteiger partial charge >= 0.3 is 18.1 Å². The van der Waals surface area contributed by atoms with E-state index in [2.05, 4.69) is 272 Å². The number of nitrogens with one attached hydrogen (secondary N) is 2. The first-order valence-electron chi connectivity index (χ1n) is 51.9. The first-order chi connectivity index (χ1) is 70.8. The number of aryl methyl sites for hydroxylation is 1. The number of amides is 2. The van der Waals surface area contributed by atoms with E-state index in [0.717, 1.165) is 207 Å². The maximum Gasteiger partial charge on any atom is 0.435 e. The topological polar surface area (TPSA) is 406 Å². The van der Waals surface area contributed by atoms with E-state index in [9.17, 15) is 40.8 Å². The molecule has 0 atom stereocenters. The lowest BCUT2D eigenvalue weighted by Gasteiger charge is -2.34. The predicted octanol–water partition coefficient (Wildman–Crippen LogP) is 12.5. The summed E-state index contributed by atoms with van der Waals surface area (Å²) in [6.45, 7) is 61.7. The van der Waals surface area contributed by atoms with Crippen molar-refractivity contribution in [1.29, 1.82) is 0 Å². The van der Waals surface area contributed by atoms with E-state index in [0.29, 0.717) is 111 Å². The number of nitrogens with zero attached hydrogens (tertiary/aromatic N) is 29. The molecule has 7 aliphatic rings. The number of sulfonamides is 1. The van der Waals surface area contributed by atoms with Crippen molar-refractivity contribution in [2.24, 2.45) is 7.05 Å². The molecular formula is C106H160F3N31O8S. The minimum Gasteiger partial charge on any atom is -0.480 e. The lowest BCUT2D eigenvalue weighted by Crippen LogP contribution is -2.48. The van der Waals surface area contributed by atoms with Gasteiger partial charge in [0.1, 0.15) is 0 Å². The quantitative estimate of drug-likeness (QED) is 0.0562. The van der Waals surface area contributed by atoms with Gasteiger partial charge in [0.05, 0.1) is 38.5 Å². The van der Waals surface area contributed by atoms with E-state index in [4.69, 9.17) is 5.11 Å². The van der Waals surface area contributed by atoms with Crippen LogP contribution in [-0.4, -0.2) is 356 Å². The highest BCUT2D eigenvalue weighted by atomic mass is 32.2. The van der Waals surface area contributed by atoms with Crippen molar-refractivity contribution in [1.82, 2.24) is 119 Å². The number of methoxy groups -OCH3 is 1.